The molecule has 2 aliphatic heterocycles. The van der Waals surface area contributed by atoms with E-state index in [2.05, 4.69) is 0 Å². The number of hydrogen-bond acceptors (Lipinski definition) is 5. The first-order valence-electron chi connectivity index (χ1n) is 8.71. The Kier molecular flexibility index (Phi) is 4.53. The number of nitro groups is 1. The van der Waals surface area contributed by atoms with Crippen molar-refractivity contribution in [1.29, 1.82) is 0 Å². The van der Waals surface area contributed by atoms with Gasteiger partial charge in [0.1, 0.15) is 11.5 Å². The van der Waals surface area contributed by atoms with Gasteiger partial charge in [-0.25, -0.2) is 4.39 Å². The molecule has 2 heterocycles. The summed E-state index contributed by atoms with van der Waals surface area (Å²) >= 11 is 0. The molecule has 1 aromatic rings. The molecule has 0 aromatic heterocycles. The number of benzene rings is 1. The van der Waals surface area contributed by atoms with Crippen molar-refractivity contribution in [2.75, 3.05) is 18.0 Å². The summed E-state index contributed by atoms with van der Waals surface area (Å²) in [6.45, 7) is 8.86. The molecule has 0 spiro atoms. The van der Waals surface area contributed by atoms with Gasteiger partial charge in [-0.1, -0.05) is 0 Å². The van der Waals surface area contributed by atoms with E-state index in [0.717, 1.165) is 19.3 Å². The third-order valence-corrected chi connectivity index (χ3v) is 5.49. The number of halogens is 1. The summed E-state index contributed by atoms with van der Waals surface area (Å²) in [5, 5.41) is 11.6. The lowest BCUT2D eigenvalue weighted by Crippen LogP contribution is -2.41. The van der Waals surface area contributed by atoms with Gasteiger partial charge < -0.3 is 14.2 Å². The second-order valence-corrected chi connectivity index (χ2v) is 7.76. The fourth-order valence-electron chi connectivity index (χ4n) is 3.25. The summed E-state index contributed by atoms with van der Waals surface area (Å²) in [5.41, 5.74) is -0.962. The summed E-state index contributed by atoms with van der Waals surface area (Å²) in [6.07, 6.45) is 3.01. The second-order valence-electron chi connectivity index (χ2n) is 7.76. The summed E-state index contributed by atoms with van der Waals surface area (Å²) in [5.74, 6) is -0.537. The fraction of sp³-hybridized carbons (Fsp3) is 0.647. The lowest BCUT2D eigenvalue weighted by Gasteiger charge is -2.32. The van der Waals surface area contributed by atoms with Gasteiger partial charge in [-0.2, -0.15) is 0 Å². The second kappa shape index (κ2) is 6.25. The van der Waals surface area contributed by atoms with E-state index in [1.807, 2.05) is 32.6 Å². The molecule has 0 aliphatic carbocycles. The molecule has 0 atom stereocenters. The molecule has 2 saturated heterocycles. The summed E-state index contributed by atoms with van der Waals surface area (Å²) < 4.78 is 26.5. The number of rotatable bonds is 3. The van der Waals surface area contributed by atoms with Crippen LogP contribution in [-0.4, -0.2) is 36.3 Å². The molecule has 0 radical (unpaired) electrons. The van der Waals surface area contributed by atoms with Crippen LogP contribution >= 0.6 is 0 Å². The molecule has 6 nitrogen and oxygen atoms in total. The highest BCUT2D eigenvalue weighted by molar-refractivity contribution is 6.62. The number of piperidine rings is 1. The first-order chi connectivity index (χ1) is 11.6. The minimum atomic E-state index is -0.959. The van der Waals surface area contributed by atoms with E-state index in [1.165, 1.54) is 12.1 Å². The van der Waals surface area contributed by atoms with Gasteiger partial charge in [0.25, 0.3) is 5.69 Å². The largest absolute Gasteiger partial charge is 0.498 e. The molecule has 3 rings (SSSR count). The Labute approximate surface area is 147 Å². The van der Waals surface area contributed by atoms with Crippen molar-refractivity contribution < 1.29 is 18.6 Å². The van der Waals surface area contributed by atoms with Gasteiger partial charge >= 0.3 is 7.12 Å². The average Bonchev–Trinajstić information content (AvgIpc) is 2.75. The Bertz CT molecular complexity index is 673. The maximum atomic E-state index is 14.8. The number of hydrogen-bond donors (Lipinski definition) is 0. The maximum Gasteiger partial charge on any atom is 0.498 e. The van der Waals surface area contributed by atoms with Crippen LogP contribution < -0.4 is 10.4 Å². The third-order valence-electron chi connectivity index (χ3n) is 5.49. The van der Waals surface area contributed by atoms with E-state index >= 15 is 0 Å². The van der Waals surface area contributed by atoms with Crippen LogP contribution in [-0.2, 0) is 9.31 Å². The molecule has 8 heteroatoms. The average molecular weight is 350 g/mol. The predicted molar refractivity (Wildman–Crippen MR) is 94.8 cm³/mol. The van der Waals surface area contributed by atoms with Crippen molar-refractivity contribution in [1.82, 2.24) is 0 Å². The Balaban J connectivity index is 1.99. The van der Waals surface area contributed by atoms with E-state index in [-0.39, 0.29) is 11.2 Å². The van der Waals surface area contributed by atoms with E-state index in [0.29, 0.717) is 18.8 Å². The molecular formula is C17H24BFN2O4. The molecule has 25 heavy (non-hydrogen) atoms. The molecular weight excluding hydrogens is 326 g/mol. The molecule has 1 aromatic carbocycles. The highest BCUT2D eigenvalue weighted by atomic mass is 19.1. The quantitative estimate of drug-likeness (QED) is 0.476. The Morgan fingerprint density at radius 1 is 1.12 bits per heavy atom. The number of nitrogens with zero attached hydrogens (tertiary/aromatic N) is 2. The van der Waals surface area contributed by atoms with Crippen molar-refractivity contribution in [2.45, 2.75) is 58.2 Å². The maximum absolute atomic E-state index is 14.8. The molecule has 0 saturated carbocycles. The van der Waals surface area contributed by atoms with Gasteiger partial charge in [0.2, 0.25) is 0 Å². The van der Waals surface area contributed by atoms with Gasteiger partial charge in [0.05, 0.1) is 16.1 Å². The molecule has 0 bridgehead atoms. The molecule has 0 N–H and O–H groups in total. The zero-order valence-electron chi connectivity index (χ0n) is 15.2. The smallest absolute Gasteiger partial charge is 0.399 e. The zero-order valence-corrected chi connectivity index (χ0v) is 15.2. The van der Waals surface area contributed by atoms with Gasteiger partial charge in [0.15, 0.2) is 0 Å². The monoisotopic (exact) mass is 350 g/mol. The van der Waals surface area contributed by atoms with E-state index in [9.17, 15) is 14.5 Å². The van der Waals surface area contributed by atoms with Crippen LogP contribution in [0.25, 0.3) is 0 Å². The first kappa shape index (κ1) is 18.1. The van der Waals surface area contributed by atoms with Crippen molar-refractivity contribution in [3.63, 3.8) is 0 Å². The minimum absolute atomic E-state index is 0.0751. The van der Waals surface area contributed by atoms with Gasteiger partial charge in [0, 0.05) is 30.7 Å². The van der Waals surface area contributed by atoms with E-state index in [1.54, 1.807) is 0 Å². The van der Waals surface area contributed by atoms with Crippen molar-refractivity contribution in [3.05, 3.63) is 28.1 Å². The number of nitro benzene ring substituents is 1. The highest BCUT2D eigenvalue weighted by Gasteiger charge is 2.52. The molecule has 2 aliphatic rings. The number of anilines is 1. The van der Waals surface area contributed by atoms with Crippen LogP contribution in [0.2, 0.25) is 0 Å². The Morgan fingerprint density at radius 2 is 1.68 bits per heavy atom. The summed E-state index contributed by atoms with van der Waals surface area (Å²) in [7, 11) is -0.959. The Hall–Kier alpha value is -1.67. The highest BCUT2D eigenvalue weighted by Crippen LogP contribution is 2.38. The lowest BCUT2D eigenvalue weighted by atomic mass is 9.78. The van der Waals surface area contributed by atoms with Crippen LogP contribution in [0.15, 0.2) is 12.1 Å². The molecule has 136 valence electrons. The zero-order chi connectivity index (χ0) is 18.4. The summed E-state index contributed by atoms with van der Waals surface area (Å²) in [4.78, 5) is 13.0. The topological polar surface area (TPSA) is 64.8 Å². The summed E-state index contributed by atoms with van der Waals surface area (Å²) in [6, 6.07) is 2.52. The fourth-order valence-corrected chi connectivity index (χ4v) is 3.25. The van der Waals surface area contributed by atoms with Gasteiger partial charge in [-0.3, -0.25) is 10.1 Å². The molecule has 0 unspecified atom stereocenters. The van der Waals surface area contributed by atoms with Crippen molar-refractivity contribution in [3.8, 4) is 0 Å². The van der Waals surface area contributed by atoms with Crippen LogP contribution in [0.3, 0.4) is 0 Å². The normalized spacial score (nSPS) is 22.3. The lowest BCUT2D eigenvalue weighted by molar-refractivity contribution is -0.384. The van der Waals surface area contributed by atoms with E-state index in [4.69, 9.17) is 9.31 Å². The van der Waals surface area contributed by atoms with Crippen LogP contribution in [0.4, 0.5) is 15.8 Å². The van der Waals surface area contributed by atoms with Gasteiger partial charge in [-0.05, 0) is 47.0 Å². The molecule has 2 fully saturated rings. The standard InChI is InChI=1S/C17H24BFN2O4/c1-16(2)17(3,4)25-18(24-16)12-10-15(21(22)23)14(11-13(12)19)20-8-6-5-7-9-20/h10-11H,5-9H2,1-4H3. The van der Waals surface area contributed by atoms with Crippen molar-refractivity contribution >= 4 is 24.0 Å². The molecule has 0 amide bonds. The predicted octanol–water partition coefficient (Wildman–Crippen LogP) is 3.02. The van der Waals surface area contributed by atoms with Crippen molar-refractivity contribution in [2.24, 2.45) is 0 Å². The minimum Gasteiger partial charge on any atom is -0.399 e. The van der Waals surface area contributed by atoms with E-state index < -0.39 is 29.1 Å². The van der Waals surface area contributed by atoms with Crippen LogP contribution in [0.1, 0.15) is 47.0 Å². The van der Waals surface area contributed by atoms with Crippen LogP contribution in [0.5, 0.6) is 0 Å². The van der Waals surface area contributed by atoms with Gasteiger partial charge in [-0.15, -0.1) is 0 Å². The first-order valence-corrected chi connectivity index (χ1v) is 8.71. The third kappa shape index (κ3) is 3.25. The van der Waals surface area contributed by atoms with Crippen LogP contribution in [0, 0.1) is 15.9 Å². The Morgan fingerprint density at radius 3 is 2.20 bits per heavy atom. The SMILES string of the molecule is CC1(C)OB(c2cc([N+](=O)[O-])c(N3CCCCC3)cc2F)OC1(C)C.